The standard InChI is InChI=1S/C16H28/c1-5-13-7-9-15-10-8-14(6-2)12(4)16(15)11(13)3/h12-16H,3,5-10H2,1-2,4H3. The van der Waals surface area contributed by atoms with Crippen LogP contribution in [-0.2, 0) is 0 Å². The molecular formula is C16H28. The minimum absolute atomic E-state index is 0.833. The second-order valence-electron chi connectivity index (χ2n) is 6.15. The number of rotatable bonds is 2. The highest BCUT2D eigenvalue weighted by Gasteiger charge is 2.41. The smallest absolute Gasteiger partial charge is 0.0146 e. The van der Waals surface area contributed by atoms with Gasteiger partial charge in [-0.2, -0.15) is 0 Å². The summed E-state index contributed by atoms with van der Waals surface area (Å²) >= 11 is 0. The molecule has 2 rings (SSSR count). The highest BCUT2D eigenvalue weighted by atomic mass is 14.5. The molecule has 2 aliphatic carbocycles. The normalized spacial score (nSPS) is 44.2. The maximum absolute atomic E-state index is 4.47. The fraction of sp³-hybridized carbons (Fsp3) is 0.875. The van der Waals surface area contributed by atoms with Crippen molar-refractivity contribution in [3.8, 4) is 0 Å². The summed E-state index contributed by atoms with van der Waals surface area (Å²) < 4.78 is 0. The van der Waals surface area contributed by atoms with Gasteiger partial charge in [0.2, 0.25) is 0 Å². The summed E-state index contributed by atoms with van der Waals surface area (Å²) in [6, 6.07) is 0. The van der Waals surface area contributed by atoms with Gasteiger partial charge in [-0.15, -0.1) is 0 Å². The van der Waals surface area contributed by atoms with Crippen LogP contribution in [-0.4, -0.2) is 0 Å². The van der Waals surface area contributed by atoms with Gasteiger partial charge in [0.15, 0.2) is 0 Å². The molecule has 2 saturated carbocycles. The van der Waals surface area contributed by atoms with Crippen molar-refractivity contribution in [1.82, 2.24) is 0 Å². The van der Waals surface area contributed by atoms with E-state index in [9.17, 15) is 0 Å². The molecule has 0 N–H and O–H groups in total. The zero-order valence-electron chi connectivity index (χ0n) is 11.3. The molecule has 2 aliphatic rings. The van der Waals surface area contributed by atoms with Gasteiger partial charge < -0.3 is 0 Å². The molecule has 0 bridgehead atoms. The first kappa shape index (κ1) is 12.2. The van der Waals surface area contributed by atoms with Gasteiger partial charge >= 0.3 is 0 Å². The van der Waals surface area contributed by atoms with Gasteiger partial charge in [0.05, 0.1) is 0 Å². The maximum Gasteiger partial charge on any atom is -0.0146 e. The zero-order chi connectivity index (χ0) is 11.7. The molecule has 0 aromatic heterocycles. The van der Waals surface area contributed by atoms with E-state index in [0.29, 0.717) is 0 Å². The third-order valence-electron chi connectivity index (χ3n) is 5.58. The molecule has 0 radical (unpaired) electrons. The first-order chi connectivity index (χ1) is 7.69. The van der Waals surface area contributed by atoms with Crippen molar-refractivity contribution in [2.75, 3.05) is 0 Å². The van der Waals surface area contributed by atoms with Crippen molar-refractivity contribution in [3.05, 3.63) is 12.2 Å². The van der Waals surface area contributed by atoms with Crippen LogP contribution in [0.4, 0.5) is 0 Å². The molecular weight excluding hydrogens is 192 g/mol. The molecule has 0 saturated heterocycles. The number of hydrogen-bond acceptors (Lipinski definition) is 0. The van der Waals surface area contributed by atoms with Gasteiger partial charge in [-0.25, -0.2) is 0 Å². The van der Waals surface area contributed by atoms with Gasteiger partial charge in [0.25, 0.3) is 0 Å². The molecule has 0 amide bonds. The van der Waals surface area contributed by atoms with Gasteiger partial charge in [-0.3, -0.25) is 0 Å². The van der Waals surface area contributed by atoms with Gasteiger partial charge in [0, 0.05) is 0 Å². The van der Waals surface area contributed by atoms with Crippen molar-refractivity contribution in [3.63, 3.8) is 0 Å². The van der Waals surface area contributed by atoms with Gasteiger partial charge in [-0.1, -0.05) is 39.3 Å². The minimum atomic E-state index is 0.833. The van der Waals surface area contributed by atoms with Crippen molar-refractivity contribution in [2.45, 2.75) is 59.3 Å². The van der Waals surface area contributed by atoms with Crippen LogP contribution in [0.2, 0.25) is 0 Å². The molecule has 2 fully saturated rings. The molecule has 92 valence electrons. The van der Waals surface area contributed by atoms with E-state index in [4.69, 9.17) is 0 Å². The average Bonchev–Trinajstić information content (AvgIpc) is 2.30. The van der Waals surface area contributed by atoms with E-state index < -0.39 is 0 Å². The largest absolute Gasteiger partial charge is 0.0993 e. The molecule has 16 heavy (non-hydrogen) atoms. The lowest BCUT2D eigenvalue weighted by atomic mass is 9.57. The van der Waals surface area contributed by atoms with E-state index in [1.807, 2.05) is 0 Å². The van der Waals surface area contributed by atoms with Crippen molar-refractivity contribution in [1.29, 1.82) is 0 Å². The lowest BCUT2D eigenvalue weighted by Gasteiger charge is -2.48. The average molecular weight is 220 g/mol. The summed E-state index contributed by atoms with van der Waals surface area (Å²) in [5, 5.41) is 0. The number of allylic oxidation sites excluding steroid dienone is 1. The Kier molecular flexibility index (Phi) is 3.77. The second-order valence-corrected chi connectivity index (χ2v) is 6.15. The summed E-state index contributed by atoms with van der Waals surface area (Å²) in [5.41, 5.74) is 1.62. The number of hydrogen-bond donors (Lipinski definition) is 0. The van der Waals surface area contributed by atoms with Crippen LogP contribution in [0.15, 0.2) is 12.2 Å². The Morgan fingerprint density at radius 3 is 2.38 bits per heavy atom. The predicted octanol–water partition coefficient (Wildman–Crippen LogP) is 5.05. The Morgan fingerprint density at radius 2 is 1.75 bits per heavy atom. The quantitative estimate of drug-likeness (QED) is 0.571. The molecule has 5 atom stereocenters. The maximum atomic E-state index is 4.47. The summed E-state index contributed by atoms with van der Waals surface area (Å²) in [6.45, 7) is 11.7. The predicted molar refractivity (Wildman–Crippen MR) is 71.3 cm³/mol. The summed E-state index contributed by atoms with van der Waals surface area (Å²) in [6.07, 6.45) is 8.52. The molecule has 0 heteroatoms. The van der Waals surface area contributed by atoms with Gasteiger partial charge in [0.1, 0.15) is 0 Å². The Balaban J connectivity index is 2.14. The number of fused-ring (bicyclic) bond motifs is 1. The van der Waals surface area contributed by atoms with E-state index >= 15 is 0 Å². The van der Waals surface area contributed by atoms with E-state index in [0.717, 1.165) is 29.6 Å². The molecule has 0 nitrogen and oxygen atoms in total. The third kappa shape index (κ3) is 1.96. The van der Waals surface area contributed by atoms with E-state index in [1.165, 1.54) is 38.5 Å². The summed E-state index contributed by atoms with van der Waals surface area (Å²) in [4.78, 5) is 0. The first-order valence-electron chi connectivity index (χ1n) is 7.37. The first-order valence-corrected chi connectivity index (χ1v) is 7.37. The van der Waals surface area contributed by atoms with Crippen LogP contribution >= 0.6 is 0 Å². The van der Waals surface area contributed by atoms with E-state index in [2.05, 4.69) is 27.4 Å². The molecule has 0 aromatic rings. The van der Waals surface area contributed by atoms with Crippen molar-refractivity contribution in [2.24, 2.45) is 29.6 Å². The van der Waals surface area contributed by atoms with Crippen LogP contribution in [0.5, 0.6) is 0 Å². The lowest BCUT2D eigenvalue weighted by molar-refractivity contribution is 0.0856. The monoisotopic (exact) mass is 220 g/mol. The fourth-order valence-electron chi connectivity index (χ4n) is 4.47. The summed E-state index contributed by atoms with van der Waals surface area (Å²) in [7, 11) is 0. The van der Waals surface area contributed by atoms with Crippen molar-refractivity contribution >= 4 is 0 Å². The highest BCUT2D eigenvalue weighted by Crippen LogP contribution is 2.51. The highest BCUT2D eigenvalue weighted by molar-refractivity contribution is 5.14. The minimum Gasteiger partial charge on any atom is -0.0993 e. The fourth-order valence-corrected chi connectivity index (χ4v) is 4.47. The third-order valence-corrected chi connectivity index (χ3v) is 5.58. The Bertz CT molecular complexity index is 251. The molecule has 0 aliphatic heterocycles. The van der Waals surface area contributed by atoms with Crippen molar-refractivity contribution < 1.29 is 0 Å². The second kappa shape index (κ2) is 4.94. The molecule has 5 unspecified atom stereocenters. The topological polar surface area (TPSA) is 0 Å². The Morgan fingerprint density at radius 1 is 1.06 bits per heavy atom. The molecule has 0 spiro atoms. The zero-order valence-corrected chi connectivity index (χ0v) is 11.3. The Labute approximate surface area is 102 Å². The Hall–Kier alpha value is -0.260. The van der Waals surface area contributed by atoms with Crippen LogP contribution in [0.1, 0.15) is 59.3 Å². The van der Waals surface area contributed by atoms with Crippen LogP contribution < -0.4 is 0 Å². The van der Waals surface area contributed by atoms with Gasteiger partial charge in [-0.05, 0) is 61.7 Å². The van der Waals surface area contributed by atoms with Crippen LogP contribution in [0, 0.1) is 29.6 Å². The van der Waals surface area contributed by atoms with E-state index in [1.54, 1.807) is 5.57 Å². The summed E-state index contributed by atoms with van der Waals surface area (Å²) in [5.74, 6) is 4.53. The molecule has 0 aromatic carbocycles. The lowest BCUT2D eigenvalue weighted by Crippen LogP contribution is -2.38. The van der Waals surface area contributed by atoms with E-state index in [-0.39, 0.29) is 0 Å². The van der Waals surface area contributed by atoms with Crippen LogP contribution in [0.25, 0.3) is 0 Å². The molecule has 0 heterocycles. The SMILES string of the molecule is C=C1C(CC)CCC2CCC(CC)C(C)C12. The van der Waals surface area contributed by atoms with Crippen LogP contribution in [0.3, 0.4) is 0 Å².